The lowest BCUT2D eigenvalue weighted by Gasteiger charge is -2.10. The molecule has 23 heavy (non-hydrogen) atoms. The predicted molar refractivity (Wildman–Crippen MR) is 92.0 cm³/mol. The van der Waals surface area contributed by atoms with Crippen molar-refractivity contribution in [3.05, 3.63) is 47.8 Å². The van der Waals surface area contributed by atoms with Crippen LogP contribution in [0.1, 0.15) is 22.3 Å². The lowest BCUT2D eigenvalue weighted by Crippen LogP contribution is -2.27. The second-order valence-electron chi connectivity index (χ2n) is 5.65. The number of hydrogen-bond donors (Lipinski definition) is 2. The summed E-state index contributed by atoms with van der Waals surface area (Å²) in [5.74, 6) is 0.328. The number of carbonyl (C=O) groups excluding carboxylic acids is 1. The number of aromatic nitrogens is 2. The Bertz CT molecular complexity index is 640. The highest BCUT2D eigenvalue weighted by Crippen LogP contribution is 2.16. The molecule has 0 saturated carbocycles. The molecular weight excluding hydrogens is 290 g/mol. The number of benzene rings is 1. The van der Waals surface area contributed by atoms with E-state index in [1.54, 1.807) is 0 Å². The number of hydrogen-bond acceptors (Lipinski definition) is 5. The van der Waals surface area contributed by atoms with Crippen molar-refractivity contribution in [3.63, 3.8) is 0 Å². The molecular formula is C17H23N5O. The van der Waals surface area contributed by atoms with Crippen molar-refractivity contribution in [1.29, 1.82) is 0 Å². The van der Waals surface area contributed by atoms with Crippen LogP contribution in [0.4, 0.5) is 11.6 Å². The molecule has 2 aromatic rings. The lowest BCUT2D eigenvalue weighted by atomic mass is 10.2. The van der Waals surface area contributed by atoms with Gasteiger partial charge < -0.3 is 15.5 Å². The van der Waals surface area contributed by atoms with Crippen LogP contribution >= 0.6 is 0 Å². The third kappa shape index (κ3) is 5.34. The summed E-state index contributed by atoms with van der Waals surface area (Å²) in [6.07, 6.45) is 3.98. The van der Waals surface area contributed by atoms with Gasteiger partial charge in [-0.1, -0.05) is 18.2 Å². The first-order valence-corrected chi connectivity index (χ1v) is 7.64. The molecule has 0 unspecified atom stereocenters. The van der Waals surface area contributed by atoms with E-state index in [0.29, 0.717) is 18.1 Å². The summed E-state index contributed by atoms with van der Waals surface area (Å²) in [6, 6.07) is 7.90. The SMILES string of the molecule is Cc1ccccc1Nc1ncc(C(=O)NCCCN(C)C)cn1. The van der Waals surface area contributed by atoms with Gasteiger partial charge in [-0.05, 0) is 45.6 Å². The Morgan fingerprint density at radius 1 is 1.17 bits per heavy atom. The average Bonchev–Trinajstić information content (AvgIpc) is 2.54. The fourth-order valence-corrected chi connectivity index (χ4v) is 2.04. The number of para-hydroxylation sites is 1. The van der Waals surface area contributed by atoms with Gasteiger partial charge in [0.2, 0.25) is 5.95 Å². The van der Waals surface area contributed by atoms with Crippen LogP contribution in [0, 0.1) is 6.92 Å². The topological polar surface area (TPSA) is 70.2 Å². The molecule has 0 fully saturated rings. The lowest BCUT2D eigenvalue weighted by molar-refractivity contribution is 0.0951. The summed E-state index contributed by atoms with van der Waals surface area (Å²) in [5.41, 5.74) is 2.53. The zero-order chi connectivity index (χ0) is 16.7. The quantitative estimate of drug-likeness (QED) is 0.767. The van der Waals surface area contributed by atoms with Crippen LogP contribution in [0.15, 0.2) is 36.7 Å². The average molecular weight is 313 g/mol. The highest BCUT2D eigenvalue weighted by Gasteiger charge is 2.07. The second-order valence-corrected chi connectivity index (χ2v) is 5.65. The van der Waals surface area contributed by atoms with Gasteiger partial charge in [0.05, 0.1) is 5.56 Å². The van der Waals surface area contributed by atoms with E-state index in [-0.39, 0.29) is 5.91 Å². The highest BCUT2D eigenvalue weighted by atomic mass is 16.1. The number of aryl methyl sites for hydroxylation is 1. The van der Waals surface area contributed by atoms with Gasteiger partial charge in [0.15, 0.2) is 0 Å². The van der Waals surface area contributed by atoms with Crippen LogP contribution in [0.3, 0.4) is 0 Å². The number of rotatable bonds is 7. The summed E-state index contributed by atoms with van der Waals surface area (Å²) in [5, 5.41) is 6.01. The maximum absolute atomic E-state index is 12.0. The van der Waals surface area contributed by atoms with Gasteiger partial charge in [0.1, 0.15) is 0 Å². The molecule has 122 valence electrons. The van der Waals surface area contributed by atoms with Crippen molar-refractivity contribution in [3.8, 4) is 0 Å². The molecule has 1 amide bonds. The molecule has 0 atom stereocenters. The molecule has 6 nitrogen and oxygen atoms in total. The largest absolute Gasteiger partial charge is 0.352 e. The van der Waals surface area contributed by atoms with Crippen LogP contribution in [-0.4, -0.2) is 48.0 Å². The van der Waals surface area contributed by atoms with Gasteiger partial charge in [0, 0.05) is 24.6 Å². The maximum Gasteiger partial charge on any atom is 0.254 e. The highest BCUT2D eigenvalue weighted by molar-refractivity contribution is 5.93. The van der Waals surface area contributed by atoms with E-state index in [9.17, 15) is 4.79 Å². The zero-order valence-electron chi connectivity index (χ0n) is 13.8. The minimum Gasteiger partial charge on any atom is -0.352 e. The second kappa shape index (κ2) is 8.24. The Balaban J connectivity index is 1.89. The Morgan fingerprint density at radius 3 is 2.52 bits per heavy atom. The van der Waals surface area contributed by atoms with Crippen molar-refractivity contribution in [1.82, 2.24) is 20.2 Å². The monoisotopic (exact) mass is 313 g/mol. The van der Waals surface area contributed by atoms with Gasteiger partial charge in [-0.15, -0.1) is 0 Å². The van der Waals surface area contributed by atoms with Crippen molar-refractivity contribution < 1.29 is 4.79 Å². The summed E-state index contributed by atoms with van der Waals surface area (Å²) >= 11 is 0. The molecule has 0 bridgehead atoms. The first-order chi connectivity index (χ1) is 11.1. The molecule has 2 rings (SSSR count). The molecule has 1 heterocycles. The van der Waals surface area contributed by atoms with Gasteiger partial charge in [-0.3, -0.25) is 4.79 Å². The third-order valence-electron chi connectivity index (χ3n) is 3.37. The molecule has 1 aromatic carbocycles. The van der Waals surface area contributed by atoms with Crippen LogP contribution in [0.5, 0.6) is 0 Å². The van der Waals surface area contributed by atoms with Crippen molar-refractivity contribution in [2.24, 2.45) is 0 Å². The Morgan fingerprint density at radius 2 is 1.87 bits per heavy atom. The molecule has 2 N–H and O–H groups in total. The van der Waals surface area contributed by atoms with Crippen LogP contribution in [-0.2, 0) is 0 Å². The summed E-state index contributed by atoms with van der Waals surface area (Å²) in [6.45, 7) is 3.59. The zero-order valence-corrected chi connectivity index (χ0v) is 13.8. The van der Waals surface area contributed by atoms with E-state index in [0.717, 1.165) is 24.2 Å². The van der Waals surface area contributed by atoms with Gasteiger partial charge in [0.25, 0.3) is 5.91 Å². The molecule has 0 aliphatic heterocycles. The Kier molecular flexibility index (Phi) is 6.05. The summed E-state index contributed by atoms with van der Waals surface area (Å²) in [7, 11) is 4.02. The number of nitrogens with one attached hydrogen (secondary N) is 2. The van der Waals surface area contributed by atoms with Crippen LogP contribution in [0.25, 0.3) is 0 Å². The van der Waals surface area contributed by atoms with E-state index < -0.39 is 0 Å². The van der Waals surface area contributed by atoms with E-state index >= 15 is 0 Å². The molecule has 0 aliphatic rings. The van der Waals surface area contributed by atoms with Crippen LogP contribution in [0.2, 0.25) is 0 Å². The predicted octanol–water partition coefficient (Wildman–Crippen LogP) is 2.21. The molecule has 0 saturated heterocycles. The molecule has 0 aliphatic carbocycles. The van der Waals surface area contributed by atoms with E-state index in [1.165, 1.54) is 12.4 Å². The standard InChI is InChI=1S/C17H23N5O/c1-13-7-4-5-8-15(13)21-17-19-11-14(12-20-17)16(23)18-9-6-10-22(2)3/h4-5,7-8,11-12H,6,9-10H2,1-3H3,(H,18,23)(H,19,20,21). The maximum atomic E-state index is 12.0. The van der Waals surface area contributed by atoms with Gasteiger partial charge in [-0.2, -0.15) is 0 Å². The van der Waals surface area contributed by atoms with E-state index in [1.807, 2.05) is 45.3 Å². The minimum absolute atomic E-state index is 0.147. The molecule has 0 radical (unpaired) electrons. The number of nitrogens with zero attached hydrogens (tertiary/aromatic N) is 3. The summed E-state index contributed by atoms with van der Waals surface area (Å²) < 4.78 is 0. The van der Waals surface area contributed by atoms with Crippen LogP contribution < -0.4 is 10.6 Å². The first kappa shape index (κ1) is 16.9. The van der Waals surface area contributed by atoms with Crippen molar-refractivity contribution in [2.75, 3.05) is 32.5 Å². The molecule has 1 aromatic heterocycles. The fraction of sp³-hybridized carbons (Fsp3) is 0.353. The van der Waals surface area contributed by atoms with Crippen molar-refractivity contribution >= 4 is 17.5 Å². The molecule has 6 heteroatoms. The molecule has 0 spiro atoms. The first-order valence-electron chi connectivity index (χ1n) is 7.64. The van der Waals surface area contributed by atoms with Gasteiger partial charge >= 0.3 is 0 Å². The normalized spacial score (nSPS) is 10.6. The Labute approximate surface area is 137 Å². The number of anilines is 2. The summed E-state index contributed by atoms with van der Waals surface area (Å²) in [4.78, 5) is 22.5. The number of amides is 1. The smallest absolute Gasteiger partial charge is 0.254 e. The third-order valence-corrected chi connectivity index (χ3v) is 3.37. The minimum atomic E-state index is -0.147. The Hall–Kier alpha value is -2.47. The van der Waals surface area contributed by atoms with Crippen molar-refractivity contribution in [2.45, 2.75) is 13.3 Å². The number of carbonyl (C=O) groups is 1. The van der Waals surface area contributed by atoms with E-state index in [4.69, 9.17) is 0 Å². The van der Waals surface area contributed by atoms with E-state index in [2.05, 4.69) is 25.5 Å². The fourth-order valence-electron chi connectivity index (χ4n) is 2.04. The van der Waals surface area contributed by atoms with Gasteiger partial charge in [-0.25, -0.2) is 9.97 Å².